The van der Waals surface area contributed by atoms with Crippen molar-refractivity contribution in [1.29, 1.82) is 0 Å². The molecular weight excluding hydrogens is 316 g/mol. The second-order valence-corrected chi connectivity index (χ2v) is 7.27. The van der Waals surface area contributed by atoms with E-state index in [1.54, 1.807) is 6.92 Å². The topological polar surface area (TPSA) is 85.8 Å². The Morgan fingerprint density at radius 2 is 1.64 bits per heavy atom. The van der Waals surface area contributed by atoms with Crippen LogP contribution in [0.2, 0.25) is 0 Å². The fourth-order valence-corrected chi connectivity index (χ4v) is 2.09. The number of aliphatic hydroxyl groups is 1. The van der Waals surface area contributed by atoms with Gasteiger partial charge in [-0.3, -0.25) is 4.79 Å². The summed E-state index contributed by atoms with van der Waals surface area (Å²) in [6.07, 6.45) is 0. The number of hydrogen-bond acceptors (Lipinski definition) is 3. The molecule has 0 aliphatic carbocycles. The van der Waals surface area contributed by atoms with E-state index in [1.165, 1.54) is 0 Å². The lowest BCUT2D eigenvalue weighted by atomic mass is 9.96. The fourth-order valence-electron chi connectivity index (χ4n) is 2.09. The van der Waals surface area contributed by atoms with E-state index in [1.807, 2.05) is 58.0 Å². The van der Waals surface area contributed by atoms with Crippen molar-refractivity contribution in [1.82, 2.24) is 16.0 Å². The molecule has 0 radical (unpaired) electrons. The van der Waals surface area contributed by atoms with Crippen LogP contribution in [0.5, 0.6) is 0 Å². The molecule has 1 unspecified atom stereocenters. The molecule has 6 nitrogen and oxygen atoms in total. The molecule has 1 atom stereocenters. The normalized spacial score (nSPS) is 14.6. The Bertz CT molecular complexity index is 563. The summed E-state index contributed by atoms with van der Waals surface area (Å²) in [5.41, 5.74) is -0.608. The number of rotatable bonds is 7. The summed E-state index contributed by atoms with van der Waals surface area (Å²) >= 11 is 0. The minimum absolute atomic E-state index is 0.0169. The minimum Gasteiger partial charge on any atom is -0.384 e. The summed E-state index contributed by atoms with van der Waals surface area (Å²) in [5, 5.41) is 19.8. The number of carbonyl (C=O) groups is 1. The SMILES string of the molecule is CCNC(=NCC(C)(O)c1ccccc1)NCCNC(=O)C(C)(C)C. The third-order valence-electron chi connectivity index (χ3n) is 3.67. The molecule has 1 amide bonds. The Labute approximate surface area is 151 Å². The molecule has 0 aliphatic rings. The molecule has 0 aromatic heterocycles. The molecular formula is C19H32N4O2. The first kappa shape index (κ1) is 21.0. The van der Waals surface area contributed by atoms with E-state index in [-0.39, 0.29) is 12.5 Å². The average Bonchev–Trinajstić information content (AvgIpc) is 2.56. The summed E-state index contributed by atoms with van der Waals surface area (Å²) in [6, 6.07) is 9.49. The van der Waals surface area contributed by atoms with E-state index in [9.17, 15) is 9.90 Å². The molecule has 1 aromatic carbocycles. The van der Waals surface area contributed by atoms with E-state index in [0.29, 0.717) is 25.6 Å². The number of amides is 1. The smallest absolute Gasteiger partial charge is 0.225 e. The molecule has 0 fully saturated rings. The molecule has 4 N–H and O–H groups in total. The lowest BCUT2D eigenvalue weighted by molar-refractivity contribution is -0.128. The second-order valence-electron chi connectivity index (χ2n) is 7.27. The Balaban J connectivity index is 2.55. The molecule has 0 bridgehead atoms. The zero-order valence-electron chi connectivity index (χ0n) is 16.0. The van der Waals surface area contributed by atoms with Crippen LogP contribution in [0.25, 0.3) is 0 Å². The number of guanidine groups is 1. The van der Waals surface area contributed by atoms with Crippen molar-refractivity contribution in [3.63, 3.8) is 0 Å². The molecule has 0 saturated heterocycles. The standard InChI is InChI=1S/C19H32N4O2/c1-6-20-17(22-13-12-21-16(24)18(2,3)4)23-14-19(5,25)15-10-8-7-9-11-15/h7-11,25H,6,12-14H2,1-5H3,(H,21,24)(H2,20,22,23). The van der Waals surface area contributed by atoms with Crippen molar-refractivity contribution in [3.05, 3.63) is 35.9 Å². The molecule has 0 saturated carbocycles. The first-order valence-electron chi connectivity index (χ1n) is 8.75. The molecule has 1 rings (SSSR count). The molecule has 140 valence electrons. The third-order valence-corrected chi connectivity index (χ3v) is 3.67. The summed E-state index contributed by atoms with van der Waals surface area (Å²) in [6.45, 7) is 11.4. The maximum absolute atomic E-state index is 11.8. The van der Waals surface area contributed by atoms with Crippen LogP contribution in [-0.2, 0) is 10.4 Å². The number of benzene rings is 1. The van der Waals surface area contributed by atoms with Gasteiger partial charge in [0.1, 0.15) is 5.60 Å². The minimum atomic E-state index is -1.04. The number of nitrogens with zero attached hydrogens (tertiary/aromatic N) is 1. The van der Waals surface area contributed by atoms with E-state index >= 15 is 0 Å². The summed E-state index contributed by atoms with van der Waals surface area (Å²) in [7, 11) is 0. The fraction of sp³-hybridized carbons (Fsp3) is 0.579. The largest absolute Gasteiger partial charge is 0.384 e. The lowest BCUT2D eigenvalue weighted by Crippen LogP contribution is -2.44. The van der Waals surface area contributed by atoms with Gasteiger partial charge in [0, 0.05) is 25.0 Å². The van der Waals surface area contributed by atoms with Gasteiger partial charge in [0.15, 0.2) is 5.96 Å². The Morgan fingerprint density at radius 3 is 2.20 bits per heavy atom. The van der Waals surface area contributed by atoms with Gasteiger partial charge in [0.05, 0.1) is 6.54 Å². The number of hydrogen-bond donors (Lipinski definition) is 4. The van der Waals surface area contributed by atoms with Crippen molar-refractivity contribution < 1.29 is 9.90 Å². The summed E-state index contributed by atoms with van der Waals surface area (Å²) in [5.74, 6) is 0.631. The molecule has 1 aromatic rings. The number of nitrogens with one attached hydrogen (secondary N) is 3. The zero-order valence-corrected chi connectivity index (χ0v) is 16.0. The first-order chi connectivity index (χ1) is 11.7. The van der Waals surface area contributed by atoms with E-state index in [4.69, 9.17) is 0 Å². The first-order valence-corrected chi connectivity index (χ1v) is 8.75. The van der Waals surface area contributed by atoms with Crippen LogP contribution in [0.4, 0.5) is 0 Å². The van der Waals surface area contributed by atoms with Crippen LogP contribution in [0.3, 0.4) is 0 Å². The van der Waals surface area contributed by atoms with Gasteiger partial charge < -0.3 is 21.1 Å². The predicted octanol–water partition coefficient (Wildman–Crippen LogP) is 1.61. The Morgan fingerprint density at radius 1 is 1.04 bits per heavy atom. The molecule has 25 heavy (non-hydrogen) atoms. The van der Waals surface area contributed by atoms with Crippen LogP contribution in [0.1, 0.15) is 40.2 Å². The van der Waals surface area contributed by atoms with Crippen LogP contribution in [-0.4, -0.2) is 43.2 Å². The Hall–Kier alpha value is -2.08. The van der Waals surface area contributed by atoms with Crippen LogP contribution in [0, 0.1) is 5.41 Å². The second kappa shape index (κ2) is 9.42. The van der Waals surface area contributed by atoms with Gasteiger partial charge in [-0.25, -0.2) is 4.99 Å². The number of carbonyl (C=O) groups excluding carboxylic acids is 1. The van der Waals surface area contributed by atoms with Gasteiger partial charge >= 0.3 is 0 Å². The van der Waals surface area contributed by atoms with Crippen LogP contribution in [0.15, 0.2) is 35.3 Å². The van der Waals surface area contributed by atoms with Crippen molar-refractivity contribution in [2.75, 3.05) is 26.2 Å². The van der Waals surface area contributed by atoms with E-state index in [2.05, 4.69) is 20.9 Å². The quantitative estimate of drug-likeness (QED) is 0.343. The van der Waals surface area contributed by atoms with Crippen molar-refractivity contribution >= 4 is 11.9 Å². The van der Waals surface area contributed by atoms with Crippen molar-refractivity contribution in [3.8, 4) is 0 Å². The highest BCUT2D eigenvalue weighted by atomic mass is 16.3. The highest BCUT2D eigenvalue weighted by Crippen LogP contribution is 2.20. The molecule has 0 heterocycles. The Kier molecular flexibility index (Phi) is 7.90. The van der Waals surface area contributed by atoms with Gasteiger partial charge in [-0.2, -0.15) is 0 Å². The predicted molar refractivity (Wildman–Crippen MR) is 102 cm³/mol. The highest BCUT2D eigenvalue weighted by Gasteiger charge is 2.22. The van der Waals surface area contributed by atoms with Crippen molar-refractivity contribution in [2.45, 2.75) is 40.2 Å². The van der Waals surface area contributed by atoms with Gasteiger partial charge in [-0.15, -0.1) is 0 Å². The van der Waals surface area contributed by atoms with E-state index in [0.717, 1.165) is 5.56 Å². The lowest BCUT2D eigenvalue weighted by Gasteiger charge is -2.22. The molecule has 0 aliphatic heterocycles. The van der Waals surface area contributed by atoms with Crippen LogP contribution >= 0.6 is 0 Å². The highest BCUT2D eigenvalue weighted by molar-refractivity contribution is 5.81. The summed E-state index contributed by atoms with van der Waals surface area (Å²) < 4.78 is 0. The maximum Gasteiger partial charge on any atom is 0.225 e. The maximum atomic E-state index is 11.8. The molecule has 0 spiro atoms. The van der Waals surface area contributed by atoms with Gasteiger partial charge in [-0.1, -0.05) is 51.1 Å². The van der Waals surface area contributed by atoms with E-state index < -0.39 is 11.0 Å². The van der Waals surface area contributed by atoms with Crippen LogP contribution < -0.4 is 16.0 Å². The zero-order chi connectivity index (χ0) is 18.9. The van der Waals surface area contributed by atoms with Gasteiger partial charge in [-0.05, 0) is 19.4 Å². The average molecular weight is 348 g/mol. The van der Waals surface area contributed by atoms with Crippen molar-refractivity contribution in [2.24, 2.45) is 10.4 Å². The monoisotopic (exact) mass is 348 g/mol. The number of aliphatic imine (C=N–C) groups is 1. The third kappa shape index (κ3) is 7.56. The molecule has 6 heteroatoms. The summed E-state index contributed by atoms with van der Waals surface area (Å²) in [4.78, 5) is 16.3. The van der Waals surface area contributed by atoms with Gasteiger partial charge in [0.2, 0.25) is 5.91 Å². The van der Waals surface area contributed by atoms with Gasteiger partial charge in [0.25, 0.3) is 0 Å².